The van der Waals surface area contributed by atoms with Crippen molar-refractivity contribution in [3.63, 3.8) is 0 Å². The zero-order valence-corrected chi connectivity index (χ0v) is 23.0. The van der Waals surface area contributed by atoms with Crippen LogP contribution in [0.25, 0.3) is 0 Å². The van der Waals surface area contributed by atoms with E-state index in [9.17, 15) is 19.8 Å². The molecule has 9 heteroatoms. The molecule has 5 rings (SSSR count). The van der Waals surface area contributed by atoms with E-state index in [0.717, 1.165) is 36.8 Å². The van der Waals surface area contributed by atoms with Gasteiger partial charge in [0.1, 0.15) is 29.5 Å². The quantitative estimate of drug-likeness (QED) is 0.416. The lowest BCUT2D eigenvalue weighted by Crippen LogP contribution is -2.57. The van der Waals surface area contributed by atoms with Crippen molar-refractivity contribution < 1.29 is 34.0 Å². The highest BCUT2D eigenvalue weighted by molar-refractivity contribution is 5.96. The third kappa shape index (κ3) is 5.40. The summed E-state index contributed by atoms with van der Waals surface area (Å²) >= 11 is 0. The summed E-state index contributed by atoms with van der Waals surface area (Å²) < 4.78 is 17.2. The molecule has 0 saturated heterocycles. The van der Waals surface area contributed by atoms with Crippen LogP contribution >= 0.6 is 0 Å². The largest absolute Gasteiger partial charge is 0.497 e. The van der Waals surface area contributed by atoms with Gasteiger partial charge in [0.25, 0.3) is 0 Å². The molecule has 0 aromatic heterocycles. The number of hydrogen-bond acceptors (Lipinski definition) is 7. The fourth-order valence-corrected chi connectivity index (χ4v) is 6.32. The minimum atomic E-state index is -1.05. The van der Waals surface area contributed by atoms with Gasteiger partial charge in [-0.2, -0.15) is 0 Å². The molecule has 214 valence electrons. The zero-order chi connectivity index (χ0) is 28.2. The Morgan fingerprint density at radius 2 is 1.88 bits per heavy atom. The topological polar surface area (TPSA) is 118 Å². The second-order valence-corrected chi connectivity index (χ2v) is 10.6. The Balaban J connectivity index is 1.52. The molecular formula is C31H38N2O7. The molecule has 2 amide bonds. The Morgan fingerprint density at radius 1 is 1.10 bits per heavy atom. The molecule has 2 aliphatic carbocycles. The average molecular weight is 551 g/mol. The van der Waals surface area contributed by atoms with Crippen LogP contribution in [0.1, 0.15) is 42.7 Å². The number of carbonyl (C=O) groups excluding carboxylic acids is 2. The monoisotopic (exact) mass is 550 g/mol. The first-order valence-electron chi connectivity index (χ1n) is 14.0. The highest BCUT2D eigenvalue weighted by atomic mass is 16.5. The summed E-state index contributed by atoms with van der Waals surface area (Å²) in [6.45, 7) is 0.220. The van der Waals surface area contributed by atoms with Crippen LogP contribution in [0.2, 0.25) is 0 Å². The fraction of sp³-hybridized carbons (Fsp3) is 0.484. The highest BCUT2D eigenvalue weighted by Crippen LogP contribution is 2.47. The lowest BCUT2D eigenvalue weighted by molar-refractivity contribution is -0.141. The molecule has 4 atom stereocenters. The predicted molar refractivity (Wildman–Crippen MR) is 148 cm³/mol. The number of methoxy groups -OCH3 is 2. The minimum Gasteiger partial charge on any atom is -0.497 e. The summed E-state index contributed by atoms with van der Waals surface area (Å²) in [6.07, 6.45) is 4.03. The summed E-state index contributed by atoms with van der Waals surface area (Å²) in [6, 6.07) is 12.2. The van der Waals surface area contributed by atoms with Crippen molar-refractivity contribution in [3.05, 3.63) is 65.2 Å². The summed E-state index contributed by atoms with van der Waals surface area (Å²) in [5, 5.41) is 23.8. The number of nitrogens with zero attached hydrogens (tertiary/aromatic N) is 1. The maximum Gasteiger partial charge on any atom is 0.247 e. The molecule has 0 spiro atoms. The van der Waals surface area contributed by atoms with E-state index in [-0.39, 0.29) is 30.9 Å². The number of hydrogen-bond donors (Lipinski definition) is 3. The number of benzene rings is 2. The molecule has 40 heavy (non-hydrogen) atoms. The second kappa shape index (κ2) is 12.3. The average Bonchev–Trinajstić information content (AvgIpc) is 3.66. The Bertz CT molecular complexity index is 1260. The van der Waals surface area contributed by atoms with Gasteiger partial charge in [-0.1, -0.05) is 31.0 Å². The molecule has 1 aliphatic heterocycles. The molecule has 1 saturated carbocycles. The van der Waals surface area contributed by atoms with E-state index in [2.05, 4.69) is 5.32 Å². The van der Waals surface area contributed by atoms with Crippen LogP contribution in [0.4, 0.5) is 0 Å². The van der Waals surface area contributed by atoms with Crippen molar-refractivity contribution in [2.75, 3.05) is 33.9 Å². The number of amides is 2. The first-order valence-corrected chi connectivity index (χ1v) is 14.0. The van der Waals surface area contributed by atoms with Crippen LogP contribution in [0.5, 0.6) is 17.2 Å². The van der Waals surface area contributed by atoms with Gasteiger partial charge in [-0.05, 0) is 55.2 Å². The van der Waals surface area contributed by atoms with Gasteiger partial charge in [0.15, 0.2) is 0 Å². The van der Waals surface area contributed by atoms with E-state index in [0.29, 0.717) is 35.8 Å². The van der Waals surface area contributed by atoms with Gasteiger partial charge in [0, 0.05) is 30.1 Å². The van der Waals surface area contributed by atoms with Crippen molar-refractivity contribution in [1.29, 1.82) is 0 Å². The number of ether oxygens (including phenoxy) is 3. The molecule has 0 bridgehead atoms. The molecule has 3 N–H and O–H groups in total. The van der Waals surface area contributed by atoms with Crippen LogP contribution in [-0.2, 0) is 16.0 Å². The van der Waals surface area contributed by atoms with Crippen LogP contribution in [-0.4, -0.2) is 79.1 Å². The number of nitrogens with one attached hydrogen (secondary N) is 1. The van der Waals surface area contributed by atoms with Crippen LogP contribution in [0.15, 0.2) is 54.1 Å². The number of fused-ring (bicyclic) bond motifs is 3. The standard InChI is InChI=1S/C31H38N2O7/c1-38-21-11-12-25(39-2)20(17-21)13-15-33(31(37)19-7-3-4-8-19)24-18-23(30(36)32-14-16-34)27-22-9-5-6-10-26(22)40-29(27)28(24)35/h5-6,9-12,17-19,24,27-29,34-35H,3-4,7-8,13-16H2,1-2H3,(H,32,36)/t24-,27+,28+,29+/m1/s1. The van der Waals surface area contributed by atoms with E-state index in [1.807, 2.05) is 42.5 Å². The third-order valence-electron chi connectivity index (χ3n) is 8.33. The molecule has 1 heterocycles. The second-order valence-electron chi connectivity index (χ2n) is 10.6. The maximum atomic E-state index is 14.0. The normalized spacial score (nSPS) is 23.4. The minimum absolute atomic E-state index is 0.0243. The van der Waals surface area contributed by atoms with Crippen molar-refractivity contribution in [2.24, 2.45) is 5.92 Å². The SMILES string of the molecule is COc1ccc(OC)c(CCN(C(=O)C2CCCC2)[C@@H]2C=C(C(=O)NCCO)[C@@H]3c4ccccc4O[C@@H]3[C@H]2O)c1. The summed E-state index contributed by atoms with van der Waals surface area (Å²) in [4.78, 5) is 29.1. The number of rotatable bonds is 10. The summed E-state index contributed by atoms with van der Waals surface area (Å²) in [5.41, 5.74) is 2.13. The van der Waals surface area contributed by atoms with Gasteiger partial charge in [0.2, 0.25) is 11.8 Å². The molecule has 2 aromatic carbocycles. The lowest BCUT2D eigenvalue weighted by atomic mass is 9.77. The van der Waals surface area contributed by atoms with Crippen molar-refractivity contribution >= 4 is 11.8 Å². The Labute approximate surface area is 234 Å². The Kier molecular flexibility index (Phi) is 8.61. The lowest BCUT2D eigenvalue weighted by Gasteiger charge is -2.41. The first-order chi connectivity index (χ1) is 19.5. The zero-order valence-electron chi connectivity index (χ0n) is 23.0. The van der Waals surface area contributed by atoms with Gasteiger partial charge in [-0.3, -0.25) is 9.59 Å². The number of para-hydroxylation sites is 1. The van der Waals surface area contributed by atoms with E-state index in [1.165, 1.54) is 0 Å². The predicted octanol–water partition coefficient (Wildman–Crippen LogP) is 2.59. The third-order valence-corrected chi connectivity index (χ3v) is 8.33. The number of aliphatic hydroxyl groups is 2. The van der Waals surface area contributed by atoms with Crippen molar-refractivity contribution in [2.45, 2.75) is 56.3 Å². The molecule has 0 radical (unpaired) electrons. The first kappa shape index (κ1) is 28.0. The fourth-order valence-electron chi connectivity index (χ4n) is 6.32. The van der Waals surface area contributed by atoms with Gasteiger partial charge in [-0.25, -0.2) is 0 Å². The van der Waals surface area contributed by atoms with Crippen molar-refractivity contribution in [3.8, 4) is 17.2 Å². The van der Waals surface area contributed by atoms with E-state index in [4.69, 9.17) is 14.2 Å². The smallest absolute Gasteiger partial charge is 0.247 e. The summed E-state index contributed by atoms with van der Waals surface area (Å²) in [5.74, 6) is 1.01. The van der Waals surface area contributed by atoms with Crippen LogP contribution < -0.4 is 19.5 Å². The van der Waals surface area contributed by atoms with Gasteiger partial charge in [-0.15, -0.1) is 0 Å². The summed E-state index contributed by atoms with van der Waals surface area (Å²) in [7, 11) is 3.21. The molecular weight excluding hydrogens is 512 g/mol. The van der Waals surface area contributed by atoms with Gasteiger partial charge in [0.05, 0.1) is 32.8 Å². The van der Waals surface area contributed by atoms with Crippen molar-refractivity contribution in [1.82, 2.24) is 10.2 Å². The van der Waals surface area contributed by atoms with Gasteiger partial charge < -0.3 is 34.6 Å². The highest BCUT2D eigenvalue weighted by Gasteiger charge is 2.50. The Hall–Kier alpha value is -3.56. The molecule has 0 unspecified atom stereocenters. The van der Waals surface area contributed by atoms with E-state index in [1.54, 1.807) is 25.2 Å². The Morgan fingerprint density at radius 3 is 2.60 bits per heavy atom. The number of carbonyl (C=O) groups is 2. The number of aliphatic hydroxyl groups excluding tert-OH is 2. The molecule has 3 aliphatic rings. The molecule has 9 nitrogen and oxygen atoms in total. The maximum absolute atomic E-state index is 14.0. The van der Waals surface area contributed by atoms with E-state index >= 15 is 0 Å². The van der Waals surface area contributed by atoms with E-state index < -0.39 is 24.2 Å². The van der Waals surface area contributed by atoms with Crippen LogP contribution in [0, 0.1) is 5.92 Å². The van der Waals surface area contributed by atoms with Crippen LogP contribution in [0.3, 0.4) is 0 Å². The molecule has 1 fully saturated rings. The van der Waals surface area contributed by atoms with Gasteiger partial charge >= 0.3 is 0 Å². The molecule has 2 aromatic rings.